The van der Waals surface area contributed by atoms with Crippen LogP contribution in [0, 0.1) is 17.8 Å². The fraction of sp³-hybridized carbons (Fsp3) is 0.917. The minimum absolute atomic E-state index is 0.321. The second kappa shape index (κ2) is 6.86. The summed E-state index contributed by atoms with van der Waals surface area (Å²) in [7, 11) is 0. The Balaban J connectivity index is 4.14. The molecule has 0 heterocycles. The monoisotopic (exact) mass is 200 g/mol. The van der Waals surface area contributed by atoms with Gasteiger partial charge in [-0.05, 0) is 24.2 Å². The van der Waals surface area contributed by atoms with Gasteiger partial charge in [-0.2, -0.15) is 0 Å². The molecule has 0 saturated heterocycles. The van der Waals surface area contributed by atoms with Gasteiger partial charge in [-0.25, -0.2) is 0 Å². The number of rotatable bonds is 7. The Morgan fingerprint density at radius 2 is 1.79 bits per heavy atom. The zero-order chi connectivity index (χ0) is 11.1. The van der Waals surface area contributed by atoms with E-state index in [0.717, 1.165) is 19.3 Å². The van der Waals surface area contributed by atoms with Crippen LogP contribution in [-0.4, -0.2) is 11.1 Å². The minimum Gasteiger partial charge on any atom is -0.481 e. The first-order valence-corrected chi connectivity index (χ1v) is 5.74. The van der Waals surface area contributed by atoms with E-state index in [1.165, 1.54) is 0 Å². The highest BCUT2D eigenvalue weighted by atomic mass is 16.4. The highest BCUT2D eigenvalue weighted by Gasteiger charge is 2.21. The molecule has 0 spiro atoms. The van der Waals surface area contributed by atoms with E-state index in [-0.39, 0.29) is 0 Å². The van der Waals surface area contributed by atoms with Gasteiger partial charge >= 0.3 is 5.97 Å². The number of carbonyl (C=O) groups is 1. The lowest BCUT2D eigenvalue weighted by atomic mass is 9.78. The molecule has 0 aromatic rings. The Morgan fingerprint density at radius 3 is 2.07 bits per heavy atom. The third-order valence-electron chi connectivity index (χ3n) is 3.19. The second-order valence-corrected chi connectivity index (χ2v) is 4.42. The highest BCUT2D eigenvalue weighted by molar-refractivity contribution is 5.66. The van der Waals surface area contributed by atoms with Crippen molar-refractivity contribution in [3.05, 3.63) is 0 Å². The lowest BCUT2D eigenvalue weighted by molar-refractivity contribution is -0.137. The van der Waals surface area contributed by atoms with Gasteiger partial charge in [0.2, 0.25) is 0 Å². The largest absolute Gasteiger partial charge is 0.481 e. The molecule has 0 amide bonds. The molecule has 2 heteroatoms. The molecular weight excluding hydrogens is 176 g/mol. The molecular formula is C12H24O2. The second-order valence-electron chi connectivity index (χ2n) is 4.42. The summed E-state index contributed by atoms with van der Waals surface area (Å²) in [4.78, 5) is 10.5. The number of hydrogen-bond acceptors (Lipinski definition) is 1. The molecule has 1 N–H and O–H groups in total. The van der Waals surface area contributed by atoms with Gasteiger partial charge in [-0.1, -0.05) is 40.5 Å². The van der Waals surface area contributed by atoms with Crippen molar-refractivity contribution in [2.75, 3.05) is 0 Å². The number of aliphatic carboxylic acids is 1. The van der Waals surface area contributed by atoms with Crippen LogP contribution in [0.2, 0.25) is 0 Å². The van der Waals surface area contributed by atoms with Gasteiger partial charge in [0.05, 0.1) is 0 Å². The summed E-state index contributed by atoms with van der Waals surface area (Å²) >= 11 is 0. The molecule has 0 fully saturated rings. The van der Waals surface area contributed by atoms with Crippen LogP contribution < -0.4 is 0 Å². The van der Waals surface area contributed by atoms with Crippen LogP contribution in [0.15, 0.2) is 0 Å². The molecule has 0 rings (SSSR count). The van der Waals surface area contributed by atoms with Gasteiger partial charge in [-0.15, -0.1) is 0 Å². The molecule has 14 heavy (non-hydrogen) atoms. The summed E-state index contributed by atoms with van der Waals surface area (Å²) in [6.45, 7) is 8.83. The normalized spacial score (nSPS) is 15.5. The number of hydrogen-bond donors (Lipinski definition) is 1. The van der Waals surface area contributed by atoms with E-state index in [1.807, 2.05) is 0 Å². The summed E-state index contributed by atoms with van der Waals surface area (Å²) < 4.78 is 0. The summed E-state index contributed by atoms with van der Waals surface area (Å²) in [5.41, 5.74) is 0. The Morgan fingerprint density at radius 1 is 1.21 bits per heavy atom. The van der Waals surface area contributed by atoms with E-state index in [4.69, 9.17) is 5.11 Å². The molecule has 0 radical (unpaired) electrons. The third kappa shape index (κ3) is 4.64. The van der Waals surface area contributed by atoms with Crippen molar-refractivity contribution >= 4 is 5.97 Å². The summed E-state index contributed by atoms with van der Waals surface area (Å²) in [5, 5.41) is 8.65. The Labute approximate surface area is 87.7 Å². The van der Waals surface area contributed by atoms with Crippen LogP contribution in [0.4, 0.5) is 0 Å². The average molecular weight is 200 g/mol. The van der Waals surface area contributed by atoms with Crippen LogP contribution in [0.1, 0.15) is 53.4 Å². The molecule has 0 aliphatic heterocycles. The lowest BCUT2D eigenvalue weighted by Crippen LogP contribution is -2.20. The maximum Gasteiger partial charge on any atom is 0.303 e. The van der Waals surface area contributed by atoms with Crippen LogP contribution in [0.3, 0.4) is 0 Å². The summed E-state index contributed by atoms with van der Waals surface area (Å²) in [6, 6.07) is 0. The van der Waals surface area contributed by atoms with Gasteiger partial charge in [-0.3, -0.25) is 4.79 Å². The smallest absolute Gasteiger partial charge is 0.303 e. The SMILES string of the molecule is CCC(CCC(=O)O)C(CC)C(C)C. The molecule has 2 atom stereocenters. The fourth-order valence-electron chi connectivity index (χ4n) is 2.38. The van der Waals surface area contributed by atoms with Gasteiger partial charge in [0, 0.05) is 6.42 Å². The fourth-order valence-corrected chi connectivity index (χ4v) is 2.38. The molecule has 2 unspecified atom stereocenters. The Hall–Kier alpha value is -0.530. The van der Waals surface area contributed by atoms with E-state index < -0.39 is 5.97 Å². The van der Waals surface area contributed by atoms with E-state index >= 15 is 0 Å². The highest BCUT2D eigenvalue weighted by Crippen LogP contribution is 2.30. The maximum absolute atomic E-state index is 10.5. The van der Waals surface area contributed by atoms with E-state index in [9.17, 15) is 4.79 Å². The van der Waals surface area contributed by atoms with Gasteiger partial charge < -0.3 is 5.11 Å². The predicted molar refractivity (Wildman–Crippen MR) is 59.3 cm³/mol. The number of carboxylic acid groups (broad SMARTS) is 1. The maximum atomic E-state index is 10.5. The van der Waals surface area contributed by atoms with Crippen molar-refractivity contribution in [3.63, 3.8) is 0 Å². The van der Waals surface area contributed by atoms with E-state index in [1.54, 1.807) is 0 Å². The zero-order valence-corrected chi connectivity index (χ0v) is 9.92. The van der Waals surface area contributed by atoms with E-state index in [2.05, 4.69) is 27.7 Å². The van der Waals surface area contributed by atoms with Crippen LogP contribution in [-0.2, 0) is 4.79 Å². The van der Waals surface area contributed by atoms with Gasteiger partial charge in [0.1, 0.15) is 0 Å². The van der Waals surface area contributed by atoms with Crippen LogP contribution in [0.5, 0.6) is 0 Å². The minimum atomic E-state index is -0.665. The average Bonchev–Trinajstić information content (AvgIpc) is 2.10. The molecule has 84 valence electrons. The molecule has 0 aliphatic carbocycles. The number of carboxylic acids is 1. The topological polar surface area (TPSA) is 37.3 Å². The molecule has 0 saturated carbocycles. The molecule has 0 aromatic carbocycles. The first-order chi connectivity index (χ1) is 6.52. The van der Waals surface area contributed by atoms with Crippen molar-refractivity contribution in [1.29, 1.82) is 0 Å². The van der Waals surface area contributed by atoms with Crippen LogP contribution >= 0.6 is 0 Å². The summed E-state index contributed by atoms with van der Waals surface area (Å²) in [6.07, 6.45) is 3.42. The van der Waals surface area contributed by atoms with Crippen molar-refractivity contribution in [1.82, 2.24) is 0 Å². The van der Waals surface area contributed by atoms with E-state index in [0.29, 0.717) is 24.2 Å². The van der Waals surface area contributed by atoms with Gasteiger partial charge in [0.15, 0.2) is 0 Å². The van der Waals surface area contributed by atoms with Crippen molar-refractivity contribution in [3.8, 4) is 0 Å². The molecule has 0 aliphatic rings. The van der Waals surface area contributed by atoms with Crippen molar-refractivity contribution in [2.24, 2.45) is 17.8 Å². The lowest BCUT2D eigenvalue weighted by Gasteiger charge is -2.28. The Bertz CT molecular complexity index is 164. The predicted octanol–water partition coefficient (Wildman–Crippen LogP) is 3.56. The molecule has 2 nitrogen and oxygen atoms in total. The van der Waals surface area contributed by atoms with Crippen LogP contribution in [0.25, 0.3) is 0 Å². The first kappa shape index (κ1) is 13.5. The molecule has 0 aromatic heterocycles. The molecule has 0 bridgehead atoms. The van der Waals surface area contributed by atoms with Crippen molar-refractivity contribution < 1.29 is 9.90 Å². The quantitative estimate of drug-likeness (QED) is 0.682. The summed E-state index contributed by atoms with van der Waals surface area (Å²) in [5.74, 6) is 1.26. The van der Waals surface area contributed by atoms with Gasteiger partial charge in [0.25, 0.3) is 0 Å². The van der Waals surface area contributed by atoms with Crippen molar-refractivity contribution in [2.45, 2.75) is 53.4 Å². The first-order valence-electron chi connectivity index (χ1n) is 5.74. The standard InChI is InChI=1S/C12H24O2/c1-5-10(7-8-12(13)14)11(6-2)9(3)4/h9-11H,5-8H2,1-4H3,(H,13,14). The third-order valence-corrected chi connectivity index (χ3v) is 3.19. The Kier molecular flexibility index (Phi) is 6.60. The zero-order valence-electron chi connectivity index (χ0n) is 9.92.